The number of hydrogen-bond donors (Lipinski definition) is 2. The van der Waals surface area contributed by atoms with Crippen molar-refractivity contribution < 1.29 is 14.7 Å². The molecule has 4 nitrogen and oxygen atoms in total. The molecule has 1 atom stereocenters. The van der Waals surface area contributed by atoms with E-state index in [-0.39, 0.29) is 16.9 Å². The molecule has 0 aromatic heterocycles. The largest absolute Gasteiger partial charge is 0.508 e. The molecule has 1 aliphatic heterocycles. The first-order chi connectivity index (χ1) is 10.6. The van der Waals surface area contributed by atoms with Gasteiger partial charge in [0.05, 0.1) is 0 Å². The van der Waals surface area contributed by atoms with Gasteiger partial charge in [-0.15, -0.1) is 0 Å². The zero-order valence-corrected chi connectivity index (χ0v) is 12.6. The standard InChI is InChI=1S/C17H15NO3S/c19-14-8-6-13(7-9-14)11-17(15(20)18-16(21)22-17)10-12-4-2-1-3-5-12/h1-9,19H,10-11H2,(H,18,20,21). The van der Waals surface area contributed by atoms with Crippen LogP contribution in [-0.4, -0.2) is 21.0 Å². The molecule has 2 N–H and O–H groups in total. The highest BCUT2D eigenvalue weighted by atomic mass is 32.2. The summed E-state index contributed by atoms with van der Waals surface area (Å²) in [7, 11) is 0. The van der Waals surface area contributed by atoms with Gasteiger partial charge < -0.3 is 5.11 Å². The van der Waals surface area contributed by atoms with E-state index < -0.39 is 4.75 Å². The second-order valence-corrected chi connectivity index (χ2v) is 6.70. The molecule has 2 amide bonds. The van der Waals surface area contributed by atoms with E-state index in [1.54, 1.807) is 24.3 Å². The summed E-state index contributed by atoms with van der Waals surface area (Å²) in [6.45, 7) is 0. The molecular weight excluding hydrogens is 298 g/mol. The van der Waals surface area contributed by atoms with Gasteiger partial charge in [0, 0.05) is 0 Å². The van der Waals surface area contributed by atoms with Crippen molar-refractivity contribution in [2.45, 2.75) is 17.6 Å². The fraction of sp³-hybridized carbons (Fsp3) is 0.176. The first-order valence-corrected chi connectivity index (χ1v) is 7.75. The molecule has 1 heterocycles. The fourth-order valence-electron chi connectivity index (χ4n) is 2.62. The molecule has 2 aromatic rings. The first-order valence-electron chi connectivity index (χ1n) is 6.94. The lowest BCUT2D eigenvalue weighted by Crippen LogP contribution is -2.40. The van der Waals surface area contributed by atoms with Gasteiger partial charge in [0.1, 0.15) is 10.5 Å². The van der Waals surface area contributed by atoms with Crippen molar-refractivity contribution in [3.63, 3.8) is 0 Å². The Morgan fingerprint density at radius 3 is 2.05 bits per heavy atom. The summed E-state index contributed by atoms with van der Waals surface area (Å²) in [6, 6.07) is 16.4. The molecule has 22 heavy (non-hydrogen) atoms. The zero-order chi connectivity index (χ0) is 15.6. The molecule has 0 spiro atoms. The minimum atomic E-state index is -0.838. The maximum Gasteiger partial charge on any atom is 0.286 e. The molecule has 0 radical (unpaired) electrons. The van der Waals surface area contributed by atoms with Crippen molar-refractivity contribution in [1.82, 2.24) is 5.32 Å². The van der Waals surface area contributed by atoms with Crippen LogP contribution in [0.3, 0.4) is 0 Å². The van der Waals surface area contributed by atoms with Gasteiger partial charge in [-0.05, 0) is 47.9 Å². The van der Waals surface area contributed by atoms with Crippen molar-refractivity contribution in [2.75, 3.05) is 0 Å². The van der Waals surface area contributed by atoms with Crippen LogP contribution in [0.5, 0.6) is 5.75 Å². The molecule has 0 aliphatic carbocycles. The molecule has 1 aliphatic rings. The Morgan fingerprint density at radius 1 is 0.909 bits per heavy atom. The number of aromatic hydroxyl groups is 1. The number of amides is 2. The normalized spacial score (nSPS) is 20.9. The van der Waals surface area contributed by atoms with Crippen LogP contribution >= 0.6 is 11.8 Å². The van der Waals surface area contributed by atoms with E-state index in [1.165, 1.54) is 0 Å². The van der Waals surface area contributed by atoms with E-state index in [2.05, 4.69) is 5.32 Å². The number of rotatable bonds is 4. The van der Waals surface area contributed by atoms with E-state index >= 15 is 0 Å². The van der Waals surface area contributed by atoms with Crippen LogP contribution < -0.4 is 5.32 Å². The van der Waals surface area contributed by atoms with Crippen LogP contribution in [0.15, 0.2) is 54.6 Å². The molecule has 1 unspecified atom stereocenters. The maximum atomic E-state index is 12.4. The predicted molar refractivity (Wildman–Crippen MR) is 85.8 cm³/mol. The van der Waals surface area contributed by atoms with Gasteiger partial charge in [-0.1, -0.05) is 42.5 Å². The van der Waals surface area contributed by atoms with E-state index in [0.29, 0.717) is 12.8 Å². The smallest absolute Gasteiger partial charge is 0.286 e. The molecule has 0 bridgehead atoms. The van der Waals surface area contributed by atoms with Gasteiger partial charge in [-0.25, -0.2) is 0 Å². The number of carbonyl (C=O) groups is 2. The highest BCUT2D eigenvalue weighted by molar-refractivity contribution is 8.16. The molecule has 112 valence electrons. The van der Waals surface area contributed by atoms with Gasteiger partial charge in [0.2, 0.25) is 5.91 Å². The predicted octanol–water partition coefficient (Wildman–Crippen LogP) is 2.90. The van der Waals surface area contributed by atoms with Crippen LogP contribution in [0.1, 0.15) is 11.1 Å². The van der Waals surface area contributed by atoms with Crippen molar-refractivity contribution in [3.8, 4) is 5.75 Å². The molecule has 3 rings (SSSR count). The number of imide groups is 1. The second-order valence-electron chi connectivity index (χ2n) is 5.34. The average molecular weight is 313 g/mol. The molecular formula is C17H15NO3S. The summed E-state index contributed by atoms with van der Waals surface area (Å²) in [5.41, 5.74) is 1.92. The Balaban J connectivity index is 1.91. The number of phenols is 1. The molecule has 0 saturated carbocycles. The van der Waals surface area contributed by atoms with Crippen molar-refractivity contribution in [2.24, 2.45) is 0 Å². The summed E-state index contributed by atoms with van der Waals surface area (Å²) in [4.78, 5) is 24.1. The number of benzene rings is 2. The van der Waals surface area contributed by atoms with Crippen molar-refractivity contribution >= 4 is 22.9 Å². The Hall–Kier alpha value is -2.27. The minimum absolute atomic E-state index is 0.181. The van der Waals surface area contributed by atoms with Crippen molar-refractivity contribution in [1.29, 1.82) is 0 Å². The second kappa shape index (κ2) is 5.85. The lowest BCUT2D eigenvalue weighted by Gasteiger charge is -2.24. The quantitative estimate of drug-likeness (QED) is 0.911. The molecule has 5 heteroatoms. The molecule has 1 fully saturated rings. The van der Waals surface area contributed by atoms with Crippen LogP contribution in [-0.2, 0) is 17.6 Å². The van der Waals surface area contributed by atoms with Gasteiger partial charge >= 0.3 is 0 Å². The number of hydrogen-bond acceptors (Lipinski definition) is 4. The summed E-state index contributed by atoms with van der Waals surface area (Å²) in [6.07, 6.45) is 0.918. The Kier molecular flexibility index (Phi) is 3.90. The monoisotopic (exact) mass is 313 g/mol. The van der Waals surface area contributed by atoms with Crippen LogP contribution in [0.25, 0.3) is 0 Å². The fourth-order valence-corrected chi connectivity index (χ4v) is 3.74. The highest BCUT2D eigenvalue weighted by Crippen LogP contribution is 2.38. The lowest BCUT2D eigenvalue weighted by molar-refractivity contribution is -0.121. The van der Waals surface area contributed by atoms with E-state index in [9.17, 15) is 14.7 Å². The number of carbonyl (C=O) groups excluding carboxylic acids is 2. The topological polar surface area (TPSA) is 66.4 Å². The van der Waals surface area contributed by atoms with Gasteiger partial charge in [0.25, 0.3) is 5.24 Å². The third-order valence-corrected chi connectivity index (χ3v) is 4.83. The highest BCUT2D eigenvalue weighted by Gasteiger charge is 2.47. The van der Waals surface area contributed by atoms with E-state index in [4.69, 9.17) is 0 Å². The maximum absolute atomic E-state index is 12.4. The van der Waals surface area contributed by atoms with Crippen LogP contribution in [0.4, 0.5) is 4.79 Å². The number of phenolic OH excluding ortho intramolecular Hbond substituents is 1. The summed E-state index contributed by atoms with van der Waals surface area (Å²) in [5, 5.41) is 11.5. The molecule has 1 saturated heterocycles. The van der Waals surface area contributed by atoms with Gasteiger partial charge in [-0.3, -0.25) is 14.9 Å². The summed E-state index contributed by atoms with van der Waals surface area (Å²) in [5.74, 6) is -0.0695. The van der Waals surface area contributed by atoms with Gasteiger partial charge in [0.15, 0.2) is 0 Å². The Morgan fingerprint density at radius 2 is 1.50 bits per heavy atom. The van der Waals surface area contributed by atoms with E-state index in [1.807, 2.05) is 30.3 Å². The van der Waals surface area contributed by atoms with Gasteiger partial charge in [-0.2, -0.15) is 0 Å². The summed E-state index contributed by atoms with van der Waals surface area (Å²) < 4.78 is -0.838. The zero-order valence-electron chi connectivity index (χ0n) is 11.8. The van der Waals surface area contributed by atoms with Crippen LogP contribution in [0, 0.1) is 0 Å². The Bertz CT molecular complexity index is 700. The number of thioether (sulfide) groups is 1. The third-order valence-electron chi connectivity index (χ3n) is 3.68. The van der Waals surface area contributed by atoms with E-state index in [0.717, 1.165) is 22.9 Å². The Labute approximate surface area is 132 Å². The lowest BCUT2D eigenvalue weighted by atomic mass is 9.90. The first kappa shape index (κ1) is 14.7. The number of nitrogens with one attached hydrogen (secondary N) is 1. The summed E-state index contributed by atoms with van der Waals surface area (Å²) >= 11 is 1.05. The third kappa shape index (κ3) is 2.99. The average Bonchev–Trinajstić information content (AvgIpc) is 2.76. The van der Waals surface area contributed by atoms with Crippen molar-refractivity contribution in [3.05, 3.63) is 65.7 Å². The SMILES string of the molecule is O=C1NC(=O)C(Cc2ccccc2)(Cc2ccc(O)cc2)S1. The molecule has 2 aromatic carbocycles. The van der Waals surface area contributed by atoms with Crippen LogP contribution in [0.2, 0.25) is 0 Å². The minimum Gasteiger partial charge on any atom is -0.508 e.